The lowest BCUT2D eigenvalue weighted by Crippen LogP contribution is -1.88. The monoisotopic (exact) mass is 268 g/mol. The van der Waals surface area contributed by atoms with Crippen LogP contribution < -0.4 is 0 Å². The fraction of sp³-hybridized carbons (Fsp3) is 0. The molecule has 1 aromatic carbocycles. The van der Waals surface area contributed by atoms with Crippen molar-refractivity contribution in [3.8, 4) is 22.5 Å². The molecule has 2 aromatic heterocycles. The third-order valence-corrected chi connectivity index (χ3v) is 2.87. The number of rotatable bonds is 2. The summed E-state index contributed by atoms with van der Waals surface area (Å²) in [5.41, 5.74) is 3.52. The summed E-state index contributed by atoms with van der Waals surface area (Å²) in [5.74, 6) is 0. The SMILES string of the molecule is Clc1cc(-c2ccncn2)cc(-c2ccncn2)c1. The van der Waals surface area contributed by atoms with Crippen LogP contribution in [-0.2, 0) is 0 Å². The van der Waals surface area contributed by atoms with Crippen LogP contribution in [0.4, 0.5) is 0 Å². The van der Waals surface area contributed by atoms with Crippen molar-refractivity contribution in [1.29, 1.82) is 0 Å². The first-order valence-corrected chi connectivity index (χ1v) is 6.04. The highest BCUT2D eigenvalue weighted by atomic mass is 35.5. The molecule has 0 saturated carbocycles. The molecular formula is C14H9ClN4. The van der Waals surface area contributed by atoms with E-state index < -0.39 is 0 Å². The molecule has 0 aliphatic carbocycles. The van der Waals surface area contributed by atoms with Crippen LogP contribution in [0.25, 0.3) is 22.5 Å². The molecular weight excluding hydrogens is 260 g/mol. The highest BCUT2D eigenvalue weighted by Crippen LogP contribution is 2.27. The molecule has 0 N–H and O–H groups in total. The van der Waals surface area contributed by atoms with Crippen molar-refractivity contribution in [2.45, 2.75) is 0 Å². The lowest BCUT2D eigenvalue weighted by atomic mass is 10.1. The van der Waals surface area contributed by atoms with Gasteiger partial charge in [0.15, 0.2) is 0 Å². The number of hydrogen-bond acceptors (Lipinski definition) is 4. The topological polar surface area (TPSA) is 51.6 Å². The molecule has 3 rings (SSSR count). The Morgan fingerprint density at radius 1 is 0.737 bits per heavy atom. The Hall–Kier alpha value is -2.33. The Balaban J connectivity index is 2.12. The van der Waals surface area contributed by atoms with Crippen LogP contribution in [0.3, 0.4) is 0 Å². The molecule has 3 aromatic rings. The minimum atomic E-state index is 0.643. The van der Waals surface area contributed by atoms with Gasteiger partial charge in [0.2, 0.25) is 0 Å². The van der Waals surface area contributed by atoms with Gasteiger partial charge in [-0.05, 0) is 30.3 Å². The van der Waals surface area contributed by atoms with Gasteiger partial charge in [0.25, 0.3) is 0 Å². The lowest BCUT2D eigenvalue weighted by molar-refractivity contribution is 1.17. The van der Waals surface area contributed by atoms with Crippen LogP contribution in [0.15, 0.2) is 55.4 Å². The zero-order valence-electron chi connectivity index (χ0n) is 9.86. The molecule has 19 heavy (non-hydrogen) atoms. The third-order valence-electron chi connectivity index (χ3n) is 2.65. The number of benzene rings is 1. The van der Waals surface area contributed by atoms with Crippen molar-refractivity contribution in [3.05, 3.63) is 60.4 Å². The van der Waals surface area contributed by atoms with E-state index in [-0.39, 0.29) is 0 Å². The average Bonchev–Trinajstić information content (AvgIpc) is 2.48. The van der Waals surface area contributed by atoms with Gasteiger partial charge in [0.05, 0.1) is 11.4 Å². The standard InChI is InChI=1S/C14H9ClN4/c15-12-6-10(13-1-3-16-8-18-13)5-11(7-12)14-2-4-17-9-19-14/h1-9H. The first kappa shape index (κ1) is 11.7. The number of halogens is 1. The van der Waals surface area contributed by atoms with Gasteiger partial charge in [0.1, 0.15) is 12.7 Å². The van der Waals surface area contributed by atoms with E-state index in [0.29, 0.717) is 5.02 Å². The molecule has 0 aliphatic rings. The predicted octanol–water partition coefficient (Wildman–Crippen LogP) is 3.25. The van der Waals surface area contributed by atoms with Gasteiger partial charge in [0, 0.05) is 28.5 Å². The molecule has 0 radical (unpaired) electrons. The zero-order valence-corrected chi connectivity index (χ0v) is 10.6. The van der Waals surface area contributed by atoms with Gasteiger partial charge in [-0.25, -0.2) is 19.9 Å². The minimum absolute atomic E-state index is 0.643. The molecule has 0 aliphatic heterocycles. The molecule has 4 nitrogen and oxygen atoms in total. The van der Waals surface area contributed by atoms with Gasteiger partial charge >= 0.3 is 0 Å². The molecule has 5 heteroatoms. The van der Waals surface area contributed by atoms with E-state index in [0.717, 1.165) is 22.5 Å². The Kier molecular flexibility index (Phi) is 3.16. The second kappa shape index (κ2) is 5.12. The van der Waals surface area contributed by atoms with Gasteiger partial charge in [-0.15, -0.1) is 0 Å². The van der Waals surface area contributed by atoms with Crippen molar-refractivity contribution >= 4 is 11.6 Å². The molecule has 0 unspecified atom stereocenters. The fourth-order valence-electron chi connectivity index (χ4n) is 1.81. The number of nitrogens with zero attached hydrogens (tertiary/aromatic N) is 4. The van der Waals surface area contributed by atoms with Crippen LogP contribution in [0, 0.1) is 0 Å². The smallest absolute Gasteiger partial charge is 0.116 e. The molecule has 0 bridgehead atoms. The minimum Gasteiger partial charge on any atom is -0.245 e. The molecule has 0 spiro atoms. The first-order chi connectivity index (χ1) is 9.33. The Morgan fingerprint density at radius 3 is 1.68 bits per heavy atom. The number of hydrogen-bond donors (Lipinski definition) is 0. The van der Waals surface area contributed by atoms with E-state index in [1.165, 1.54) is 12.7 Å². The summed E-state index contributed by atoms with van der Waals surface area (Å²) in [6.07, 6.45) is 6.43. The largest absolute Gasteiger partial charge is 0.245 e. The van der Waals surface area contributed by atoms with E-state index >= 15 is 0 Å². The van der Waals surface area contributed by atoms with E-state index in [9.17, 15) is 0 Å². The van der Waals surface area contributed by atoms with Crippen molar-refractivity contribution in [1.82, 2.24) is 19.9 Å². The van der Waals surface area contributed by atoms with Gasteiger partial charge in [-0.3, -0.25) is 0 Å². The predicted molar refractivity (Wildman–Crippen MR) is 73.5 cm³/mol. The van der Waals surface area contributed by atoms with Gasteiger partial charge < -0.3 is 0 Å². The summed E-state index contributed by atoms with van der Waals surface area (Å²) in [4.78, 5) is 16.3. The lowest BCUT2D eigenvalue weighted by Gasteiger charge is -2.05. The van der Waals surface area contributed by atoms with Crippen LogP contribution >= 0.6 is 11.6 Å². The van der Waals surface area contributed by atoms with Gasteiger partial charge in [-0.2, -0.15) is 0 Å². The van der Waals surface area contributed by atoms with Crippen LogP contribution in [-0.4, -0.2) is 19.9 Å². The highest BCUT2D eigenvalue weighted by Gasteiger charge is 2.05. The molecule has 0 saturated heterocycles. The second-order valence-corrected chi connectivity index (χ2v) is 4.35. The van der Waals surface area contributed by atoms with Crippen LogP contribution in [0.5, 0.6) is 0 Å². The first-order valence-electron chi connectivity index (χ1n) is 5.66. The Bertz CT molecular complexity index is 629. The average molecular weight is 269 g/mol. The van der Waals surface area contributed by atoms with E-state index in [1.807, 2.05) is 30.3 Å². The van der Waals surface area contributed by atoms with Gasteiger partial charge in [-0.1, -0.05) is 11.6 Å². The summed E-state index contributed by atoms with van der Waals surface area (Å²) in [5, 5.41) is 0.643. The quantitative estimate of drug-likeness (QED) is 0.716. The highest BCUT2D eigenvalue weighted by molar-refractivity contribution is 6.31. The summed E-state index contributed by atoms with van der Waals surface area (Å²) in [6.45, 7) is 0. The van der Waals surface area contributed by atoms with Crippen molar-refractivity contribution < 1.29 is 0 Å². The molecule has 0 atom stereocenters. The zero-order chi connectivity index (χ0) is 13.1. The van der Waals surface area contributed by atoms with Crippen LogP contribution in [0.1, 0.15) is 0 Å². The summed E-state index contributed by atoms with van der Waals surface area (Å²) in [7, 11) is 0. The summed E-state index contributed by atoms with van der Waals surface area (Å²) < 4.78 is 0. The molecule has 2 heterocycles. The van der Waals surface area contributed by atoms with Crippen molar-refractivity contribution in [3.63, 3.8) is 0 Å². The molecule has 92 valence electrons. The maximum absolute atomic E-state index is 6.16. The van der Waals surface area contributed by atoms with Crippen molar-refractivity contribution in [2.75, 3.05) is 0 Å². The summed E-state index contributed by atoms with van der Waals surface area (Å²) >= 11 is 6.16. The third kappa shape index (κ3) is 2.58. The second-order valence-electron chi connectivity index (χ2n) is 3.92. The maximum Gasteiger partial charge on any atom is 0.116 e. The summed E-state index contributed by atoms with van der Waals surface area (Å²) in [6, 6.07) is 9.42. The maximum atomic E-state index is 6.16. The van der Waals surface area contributed by atoms with Crippen molar-refractivity contribution in [2.24, 2.45) is 0 Å². The normalized spacial score (nSPS) is 10.4. The van der Waals surface area contributed by atoms with E-state index in [4.69, 9.17) is 11.6 Å². The Labute approximate surface area is 115 Å². The van der Waals surface area contributed by atoms with E-state index in [2.05, 4.69) is 19.9 Å². The molecule has 0 fully saturated rings. The molecule has 0 amide bonds. The van der Waals surface area contributed by atoms with E-state index in [1.54, 1.807) is 12.4 Å². The number of aromatic nitrogens is 4. The van der Waals surface area contributed by atoms with Crippen LogP contribution in [0.2, 0.25) is 5.02 Å². The Morgan fingerprint density at radius 2 is 1.26 bits per heavy atom. The fourth-order valence-corrected chi connectivity index (χ4v) is 2.04.